The summed E-state index contributed by atoms with van der Waals surface area (Å²) in [5.41, 5.74) is 0.704. The second-order valence-electron chi connectivity index (χ2n) is 4.22. The van der Waals surface area contributed by atoms with Gasteiger partial charge in [0.15, 0.2) is 11.5 Å². The summed E-state index contributed by atoms with van der Waals surface area (Å²) in [5.74, 6) is 0.155. The third-order valence-electron chi connectivity index (χ3n) is 2.33. The second kappa shape index (κ2) is 4.91. The molecule has 0 radical (unpaired) electrons. The number of nitrogens with one attached hydrogen (secondary N) is 1. The van der Waals surface area contributed by atoms with Gasteiger partial charge in [-0.05, 0) is 26.0 Å². The number of aromatic hydroxyl groups is 1. The van der Waals surface area contributed by atoms with Crippen molar-refractivity contribution in [1.29, 1.82) is 0 Å². The molecule has 0 saturated carbocycles. The number of para-hydroxylation sites is 1. The van der Waals surface area contributed by atoms with E-state index >= 15 is 0 Å². The number of phenolic OH excluding ortho intramolecular Hbond substituents is 1. The van der Waals surface area contributed by atoms with Crippen LogP contribution in [0.1, 0.15) is 24.3 Å². The highest BCUT2D eigenvalue weighted by atomic mass is 16.5. The average Bonchev–Trinajstić information content (AvgIpc) is 2.78. The molecule has 0 unspecified atom stereocenters. The van der Waals surface area contributed by atoms with Crippen molar-refractivity contribution < 1.29 is 14.4 Å². The highest BCUT2D eigenvalue weighted by Gasteiger charge is 2.15. The molecule has 1 aromatic heterocycles. The molecule has 0 bridgehead atoms. The number of phenols is 1. The van der Waals surface area contributed by atoms with Crippen LogP contribution in [-0.4, -0.2) is 22.2 Å². The fraction of sp³-hybridized carbons (Fsp3) is 0.231. The smallest absolute Gasteiger partial charge is 0.273 e. The molecule has 1 heterocycles. The molecule has 0 fully saturated rings. The van der Waals surface area contributed by atoms with Gasteiger partial charge in [-0.3, -0.25) is 4.79 Å². The Kier molecular flexibility index (Phi) is 3.32. The Bertz CT molecular complexity index is 561. The molecule has 0 aliphatic carbocycles. The summed E-state index contributed by atoms with van der Waals surface area (Å²) in [6.07, 6.45) is 0. The lowest BCUT2D eigenvalue weighted by atomic mass is 10.1. The van der Waals surface area contributed by atoms with Gasteiger partial charge in [0.1, 0.15) is 5.75 Å². The van der Waals surface area contributed by atoms with Crippen molar-refractivity contribution in [2.24, 2.45) is 0 Å². The number of carbonyl (C=O) groups is 1. The van der Waals surface area contributed by atoms with E-state index in [0.29, 0.717) is 11.3 Å². The van der Waals surface area contributed by atoms with E-state index in [4.69, 9.17) is 4.52 Å². The first-order valence-electron chi connectivity index (χ1n) is 5.64. The van der Waals surface area contributed by atoms with Crippen LogP contribution in [0.2, 0.25) is 0 Å². The van der Waals surface area contributed by atoms with Crippen molar-refractivity contribution in [2.45, 2.75) is 19.9 Å². The van der Waals surface area contributed by atoms with E-state index < -0.39 is 0 Å². The van der Waals surface area contributed by atoms with Gasteiger partial charge in [-0.2, -0.15) is 0 Å². The molecule has 0 aliphatic heterocycles. The summed E-state index contributed by atoms with van der Waals surface area (Å²) in [7, 11) is 0. The fourth-order valence-corrected chi connectivity index (χ4v) is 1.53. The van der Waals surface area contributed by atoms with Gasteiger partial charge in [-0.1, -0.05) is 17.3 Å². The Labute approximate surface area is 104 Å². The summed E-state index contributed by atoms with van der Waals surface area (Å²) in [6.45, 7) is 3.73. The maximum absolute atomic E-state index is 11.7. The van der Waals surface area contributed by atoms with E-state index in [1.165, 1.54) is 6.07 Å². The molecule has 2 aromatic rings. The van der Waals surface area contributed by atoms with Crippen LogP contribution in [0.4, 0.5) is 0 Å². The standard InChI is InChI=1S/C13H14N2O3/c1-8(2)14-13(17)10-7-12(18-15-10)9-5-3-4-6-11(9)16/h3-8,16H,1-2H3,(H,14,17). The molecular formula is C13H14N2O3. The van der Waals surface area contributed by atoms with Crippen LogP contribution in [0, 0.1) is 0 Å². The highest BCUT2D eigenvalue weighted by Crippen LogP contribution is 2.28. The van der Waals surface area contributed by atoms with Gasteiger partial charge < -0.3 is 14.9 Å². The number of hydrogen-bond donors (Lipinski definition) is 2. The van der Waals surface area contributed by atoms with Gasteiger partial charge in [0.05, 0.1) is 5.56 Å². The minimum Gasteiger partial charge on any atom is -0.507 e. The van der Waals surface area contributed by atoms with Gasteiger partial charge in [-0.15, -0.1) is 0 Å². The van der Waals surface area contributed by atoms with Crippen LogP contribution < -0.4 is 5.32 Å². The summed E-state index contributed by atoms with van der Waals surface area (Å²) in [4.78, 5) is 11.7. The molecule has 5 nitrogen and oxygen atoms in total. The topological polar surface area (TPSA) is 75.4 Å². The summed E-state index contributed by atoms with van der Waals surface area (Å²) in [5, 5.41) is 16.1. The Hall–Kier alpha value is -2.30. The van der Waals surface area contributed by atoms with Gasteiger partial charge >= 0.3 is 0 Å². The Morgan fingerprint density at radius 3 is 2.78 bits per heavy atom. The fourth-order valence-electron chi connectivity index (χ4n) is 1.53. The predicted molar refractivity (Wildman–Crippen MR) is 66.2 cm³/mol. The number of nitrogens with zero attached hydrogens (tertiary/aromatic N) is 1. The average molecular weight is 246 g/mol. The van der Waals surface area contributed by atoms with Gasteiger partial charge in [0.2, 0.25) is 0 Å². The van der Waals surface area contributed by atoms with E-state index in [0.717, 1.165) is 0 Å². The number of benzene rings is 1. The summed E-state index contributed by atoms with van der Waals surface area (Å²) < 4.78 is 5.06. The largest absolute Gasteiger partial charge is 0.507 e. The van der Waals surface area contributed by atoms with E-state index in [2.05, 4.69) is 10.5 Å². The minimum absolute atomic E-state index is 0.0304. The molecule has 5 heteroatoms. The molecule has 0 saturated heterocycles. The molecule has 0 aliphatic rings. The van der Waals surface area contributed by atoms with Crippen molar-refractivity contribution in [3.63, 3.8) is 0 Å². The van der Waals surface area contributed by atoms with Crippen LogP contribution in [0.5, 0.6) is 5.75 Å². The van der Waals surface area contributed by atoms with Crippen LogP contribution in [0.15, 0.2) is 34.9 Å². The van der Waals surface area contributed by atoms with Gasteiger partial charge in [0, 0.05) is 12.1 Å². The highest BCUT2D eigenvalue weighted by molar-refractivity contribution is 5.93. The third kappa shape index (κ3) is 2.51. The van der Waals surface area contributed by atoms with E-state index in [1.807, 2.05) is 13.8 Å². The molecule has 18 heavy (non-hydrogen) atoms. The molecule has 1 amide bonds. The third-order valence-corrected chi connectivity index (χ3v) is 2.33. The lowest BCUT2D eigenvalue weighted by Crippen LogP contribution is -2.30. The molecule has 94 valence electrons. The molecular weight excluding hydrogens is 232 g/mol. The Morgan fingerprint density at radius 2 is 2.11 bits per heavy atom. The molecule has 0 spiro atoms. The number of amides is 1. The maximum atomic E-state index is 11.7. The van der Waals surface area contributed by atoms with Gasteiger partial charge in [-0.25, -0.2) is 0 Å². The second-order valence-corrected chi connectivity index (χ2v) is 4.22. The summed E-state index contributed by atoms with van der Waals surface area (Å²) >= 11 is 0. The molecule has 1 aromatic carbocycles. The van der Waals surface area contributed by atoms with Crippen molar-refractivity contribution in [2.75, 3.05) is 0 Å². The van der Waals surface area contributed by atoms with Crippen molar-refractivity contribution in [1.82, 2.24) is 10.5 Å². The first-order chi connectivity index (χ1) is 8.58. The Morgan fingerprint density at radius 1 is 1.39 bits per heavy atom. The molecule has 2 rings (SSSR count). The normalized spacial score (nSPS) is 10.6. The van der Waals surface area contributed by atoms with Crippen LogP contribution in [0.25, 0.3) is 11.3 Å². The van der Waals surface area contributed by atoms with Crippen LogP contribution >= 0.6 is 0 Å². The minimum atomic E-state index is -0.296. The van der Waals surface area contributed by atoms with E-state index in [1.54, 1.807) is 24.3 Å². The van der Waals surface area contributed by atoms with Crippen LogP contribution in [0.3, 0.4) is 0 Å². The number of hydrogen-bond acceptors (Lipinski definition) is 4. The van der Waals surface area contributed by atoms with E-state index in [-0.39, 0.29) is 23.4 Å². The summed E-state index contributed by atoms with van der Waals surface area (Å²) in [6, 6.07) is 8.26. The number of carbonyl (C=O) groups excluding carboxylic acids is 1. The van der Waals surface area contributed by atoms with Gasteiger partial charge in [0.25, 0.3) is 5.91 Å². The zero-order valence-corrected chi connectivity index (χ0v) is 10.2. The quantitative estimate of drug-likeness (QED) is 0.870. The zero-order chi connectivity index (χ0) is 13.1. The van der Waals surface area contributed by atoms with Crippen LogP contribution in [-0.2, 0) is 0 Å². The number of aromatic nitrogens is 1. The SMILES string of the molecule is CC(C)NC(=O)c1cc(-c2ccccc2O)on1. The van der Waals surface area contributed by atoms with Crippen molar-refractivity contribution in [3.05, 3.63) is 36.0 Å². The monoisotopic (exact) mass is 246 g/mol. The zero-order valence-electron chi connectivity index (χ0n) is 10.2. The number of rotatable bonds is 3. The predicted octanol–water partition coefficient (Wildman–Crippen LogP) is 2.19. The Balaban J connectivity index is 2.26. The first kappa shape index (κ1) is 12.2. The maximum Gasteiger partial charge on any atom is 0.273 e. The van der Waals surface area contributed by atoms with Crippen molar-refractivity contribution >= 4 is 5.91 Å². The lowest BCUT2D eigenvalue weighted by Gasteiger charge is -2.04. The van der Waals surface area contributed by atoms with Crippen molar-refractivity contribution in [3.8, 4) is 17.1 Å². The lowest BCUT2D eigenvalue weighted by molar-refractivity contribution is 0.0934. The molecule has 2 N–H and O–H groups in total. The molecule has 0 atom stereocenters. The first-order valence-corrected chi connectivity index (χ1v) is 5.64. The van der Waals surface area contributed by atoms with E-state index in [9.17, 15) is 9.90 Å².